The normalized spacial score (nSPS) is 41.4. The van der Waals surface area contributed by atoms with Gasteiger partial charge in [-0.15, -0.1) is 0 Å². The number of carboxylic acids is 1. The minimum absolute atomic E-state index is 0.0510. The van der Waals surface area contributed by atoms with E-state index in [4.69, 9.17) is 4.74 Å². The van der Waals surface area contributed by atoms with Gasteiger partial charge in [0.2, 0.25) is 5.91 Å². The predicted molar refractivity (Wildman–Crippen MR) is 193 cm³/mol. The van der Waals surface area contributed by atoms with Crippen molar-refractivity contribution in [2.24, 2.45) is 68.5 Å². The molecule has 7 nitrogen and oxygen atoms in total. The van der Waals surface area contributed by atoms with Gasteiger partial charge < -0.3 is 20.3 Å². The van der Waals surface area contributed by atoms with Crippen LogP contribution in [0.25, 0.3) is 0 Å². The van der Waals surface area contributed by atoms with E-state index in [0.29, 0.717) is 47.8 Å². The first-order chi connectivity index (χ1) is 22.5. The van der Waals surface area contributed by atoms with Gasteiger partial charge in [-0.25, -0.2) is 0 Å². The van der Waals surface area contributed by atoms with Crippen molar-refractivity contribution in [1.82, 2.24) is 5.32 Å². The Morgan fingerprint density at radius 2 is 1.53 bits per heavy atom. The van der Waals surface area contributed by atoms with Gasteiger partial charge in [0.05, 0.1) is 25.0 Å². The fraction of sp³-hybridized carbons (Fsp3) is 0.881. The summed E-state index contributed by atoms with van der Waals surface area (Å²) < 4.78 is 6.26. The molecule has 1 unspecified atom stereocenters. The zero-order valence-electron chi connectivity index (χ0n) is 32.5. The van der Waals surface area contributed by atoms with Crippen LogP contribution in [0.4, 0.5) is 0 Å². The molecule has 5 rings (SSSR count). The highest BCUT2D eigenvalue weighted by atomic mass is 16.5. The van der Waals surface area contributed by atoms with Gasteiger partial charge in [-0.3, -0.25) is 14.4 Å². The average molecular weight is 684 g/mol. The maximum atomic E-state index is 13.2. The molecule has 5 aliphatic rings. The Morgan fingerprint density at radius 1 is 0.878 bits per heavy atom. The molecule has 7 heteroatoms. The minimum atomic E-state index is -0.887. The van der Waals surface area contributed by atoms with Crippen molar-refractivity contribution < 1.29 is 29.3 Å². The fourth-order valence-electron chi connectivity index (χ4n) is 13.5. The van der Waals surface area contributed by atoms with E-state index in [-0.39, 0.29) is 59.1 Å². The van der Waals surface area contributed by atoms with Crippen molar-refractivity contribution in [3.05, 3.63) is 12.2 Å². The summed E-state index contributed by atoms with van der Waals surface area (Å²) in [4.78, 5) is 37.8. The first kappa shape index (κ1) is 38.3. The van der Waals surface area contributed by atoms with Crippen LogP contribution in [0.3, 0.4) is 0 Å². The molecule has 0 aromatic rings. The van der Waals surface area contributed by atoms with E-state index in [1.807, 2.05) is 27.7 Å². The number of aliphatic hydroxyl groups excluding tert-OH is 1. The quantitative estimate of drug-likeness (QED) is 0.157. The smallest absolute Gasteiger partial charge is 0.306 e. The molecule has 0 saturated heterocycles. The third-order valence-corrected chi connectivity index (χ3v) is 15.9. The standard InChI is InChI=1S/C42H69NO6/c1-25(2)28-20-26(21-33(45)43-38(5,6)24-44)27-14-18-41(10)29(36(27)28)12-13-31-40(9)17-16-32(39(7,8)30(40)15-19-42(31,41)11)49-35(48)23-37(3,4)22-34(46)47/h26-32,36,44H,1,12-24H2,2-11H3,(H,43,45)(H,46,47)/t26-,27?,28-,29+,30-,31+,32-,36+,40-,41+,42+/m0/s1. The maximum Gasteiger partial charge on any atom is 0.306 e. The summed E-state index contributed by atoms with van der Waals surface area (Å²) in [6, 6.07) is 0. The van der Waals surface area contributed by atoms with Crippen molar-refractivity contribution in [2.75, 3.05) is 6.61 Å². The average Bonchev–Trinajstić information content (AvgIpc) is 3.32. The van der Waals surface area contributed by atoms with Crippen LogP contribution >= 0.6 is 0 Å². The van der Waals surface area contributed by atoms with E-state index in [1.54, 1.807) is 0 Å². The van der Waals surface area contributed by atoms with Crippen molar-refractivity contribution >= 4 is 17.8 Å². The van der Waals surface area contributed by atoms with Crippen LogP contribution in [0.5, 0.6) is 0 Å². The van der Waals surface area contributed by atoms with Crippen LogP contribution in [0.1, 0.15) is 146 Å². The SMILES string of the molecule is C=C(C)[C@@H]1C[C@@H](CC(=O)NC(C)(C)CO)C2CC[C@]3(C)[C@H](CC[C@@H]4[C@@]5(C)CC[C@H](OC(=O)CC(C)(C)CC(=O)O)C(C)(C)[C@@H]5CC[C@]43C)[C@H]21. The lowest BCUT2D eigenvalue weighted by molar-refractivity contribution is -0.245. The van der Waals surface area contributed by atoms with Gasteiger partial charge in [0.25, 0.3) is 0 Å². The Labute approximate surface area is 297 Å². The molecule has 0 aromatic heterocycles. The molecule has 11 atom stereocenters. The number of esters is 1. The topological polar surface area (TPSA) is 113 Å². The van der Waals surface area contributed by atoms with Crippen molar-refractivity contribution in [3.8, 4) is 0 Å². The molecular weight excluding hydrogens is 614 g/mol. The van der Waals surface area contributed by atoms with Crippen LogP contribution in [0.15, 0.2) is 12.2 Å². The van der Waals surface area contributed by atoms with Gasteiger partial charge in [-0.05, 0) is 142 Å². The summed E-state index contributed by atoms with van der Waals surface area (Å²) in [7, 11) is 0. The van der Waals surface area contributed by atoms with E-state index >= 15 is 0 Å². The van der Waals surface area contributed by atoms with Gasteiger partial charge in [-0.2, -0.15) is 0 Å². The van der Waals surface area contributed by atoms with Crippen molar-refractivity contribution in [2.45, 2.75) is 158 Å². The fourth-order valence-corrected chi connectivity index (χ4v) is 13.5. The van der Waals surface area contributed by atoms with Crippen LogP contribution < -0.4 is 5.32 Å². The predicted octanol–water partition coefficient (Wildman–Crippen LogP) is 8.58. The highest BCUT2D eigenvalue weighted by Gasteiger charge is 2.70. The molecule has 0 aliphatic heterocycles. The number of ether oxygens (including phenoxy) is 1. The molecule has 5 aliphatic carbocycles. The minimum Gasteiger partial charge on any atom is -0.481 e. The summed E-state index contributed by atoms with van der Waals surface area (Å²) in [5, 5.41) is 22.2. The summed E-state index contributed by atoms with van der Waals surface area (Å²) in [6.45, 7) is 26.6. The van der Waals surface area contributed by atoms with E-state index in [9.17, 15) is 24.6 Å². The number of hydrogen-bond donors (Lipinski definition) is 3. The lowest BCUT2D eigenvalue weighted by Gasteiger charge is -2.72. The molecule has 0 aromatic carbocycles. The molecule has 278 valence electrons. The Balaban J connectivity index is 1.35. The zero-order chi connectivity index (χ0) is 36.5. The number of carboxylic acid groups (broad SMARTS) is 1. The van der Waals surface area contributed by atoms with E-state index in [2.05, 4.69) is 53.4 Å². The molecule has 1 amide bonds. The molecule has 0 radical (unpaired) electrons. The number of nitrogens with one attached hydrogen (secondary N) is 1. The summed E-state index contributed by atoms with van der Waals surface area (Å²) >= 11 is 0. The Kier molecular flexibility index (Phi) is 10.1. The van der Waals surface area contributed by atoms with Gasteiger partial charge >= 0.3 is 11.9 Å². The number of allylic oxidation sites excluding steroid dienone is 1. The second kappa shape index (κ2) is 13.0. The highest BCUT2D eigenvalue weighted by molar-refractivity contribution is 5.77. The number of carbonyl (C=O) groups excluding carboxylic acids is 2. The monoisotopic (exact) mass is 684 g/mol. The molecule has 3 N–H and O–H groups in total. The molecule has 0 heterocycles. The van der Waals surface area contributed by atoms with Crippen molar-refractivity contribution in [3.63, 3.8) is 0 Å². The number of aliphatic carboxylic acids is 1. The van der Waals surface area contributed by atoms with E-state index < -0.39 is 16.9 Å². The molecule has 5 fully saturated rings. The third kappa shape index (κ3) is 6.65. The van der Waals surface area contributed by atoms with Gasteiger partial charge in [-0.1, -0.05) is 60.6 Å². The lowest BCUT2D eigenvalue weighted by Crippen LogP contribution is -2.66. The van der Waals surface area contributed by atoms with Crippen molar-refractivity contribution in [1.29, 1.82) is 0 Å². The number of carbonyl (C=O) groups is 3. The summed E-state index contributed by atoms with van der Waals surface area (Å²) in [5.41, 5.74) is 0.472. The maximum absolute atomic E-state index is 13.2. The number of hydrogen-bond acceptors (Lipinski definition) is 5. The number of amides is 1. The van der Waals surface area contributed by atoms with Gasteiger partial charge in [0.15, 0.2) is 0 Å². The first-order valence-corrected chi connectivity index (χ1v) is 19.5. The second-order valence-corrected chi connectivity index (χ2v) is 20.4. The Bertz CT molecular complexity index is 1320. The molecule has 0 bridgehead atoms. The first-order valence-electron chi connectivity index (χ1n) is 19.5. The zero-order valence-corrected chi connectivity index (χ0v) is 32.5. The third-order valence-electron chi connectivity index (χ3n) is 15.9. The van der Waals surface area contributed by atoms with Gasteiger partial charge in [0.1, 0.15) is 6.10 Å². The summed E-state index contributed by atoms with van der Waals surface area (Å²) in [6.07, 6.45) is 10.6. The number of aliphatic hydroxyl groups is 1. The van der Waals surface area contributed by atoms with E-state index in [0.717, 1.165) is 25.7 Å². The lowest BCUT2D eigenvalue weighted by atomic mass is 9.33. The van der Waals surface area contributed by atoms with Crippen LogP contribution in [0, 0.1) is 68.5 Å². The Hall–Kier alpha value is -1.89. The number of fused-ring (bicyclic) bond motifs is 7. The molecule has 5 saturated carbocycles. The van der Waals surface area contributed by atoms with E-state index in [1.165, 1.54) is 37.7 Å². The largest absolute Gasteiger partial charge is 0.481 e. The molecule has 49 heavy (non-hydrogen) atoms. The van der Waals surface area contributed by atoms with Crippen LogP contribution in [0.2, 0.25) is 0 Å². The highest BCUT2D eigenvalue weighted by Crippen LogP contribution is 2.76. The molecule has 0 spiro atoms. The number of rotatable bonds is 10. The second-order valence-electron chi connectivity index (χ2n) is 20.4. The van der Waals surface area contributed by atoms with Gasteiger partial charge in [0, 0.05) is 11.8 Å². The summed E-state index contributed by atoms with van der Waals surface area (Å²) in [5.74, 6) is 2.51. The Morgan fingerprint density at radius 3 is 2.14 bits per heavy atom. The van der Waals surface area contributed by atoms with Crippen LogP contribution in [-0.2, 0) is 19.1 Å². The van der Waals surface area contributed by atoms with Crippen LogP contribution in [-0.4, -0.2) is 46.3 Å². The molecular formula is C42H69NO6.